The van der Waals surface area contributed by atoms with Gasteiger partial charge < -0.3 is 10.1 Å². The second-order valence-corrected chi connectivity index (χ2v) is 5.58. The number of anilines is 1. The lowest BCUT2D eigenvalue weighted by molar-refractivity contribution is -0.0500. The number of alkyl halides is 2. The zero-order valence-corrected chi connectivity index (χ0v) is 12.5. The number of pyridine rings is 1. The van der Waals surface area contributed by atoms with E-state index < -0.39 is 6.61 Å². The van der Waals surface area contributed by atoms with Crippen molar-refractivity contribution in [3.05, 3.63) is 29.8 Å². The molecule has 0 bridgehead atoms. The van der Waals surface area contributed by atoms with Gasteiger partial charge in [-0.3, -0.25) is 4.98 Å². The van der Waals surface area contributed by atoms with Crippen LogP contribution in [0.15, 0.2) is 18.3 Å². The Morgan fingerprint density at radius 2 is 2.14 bits per heavy atom. The Morgan fingerprint density at radius 3 is 2.76 bits per heavy atom. The summed E-state index contributed by atoms with van der Waals surface area (Å²) in [6.07, 6.45) is 2.11. The number of hydrogen-bond donors (Lipinski definition) is 1. The first-order valence-electron chi connectivity index (χ1n) is 6.49. The molecule has 0 aliphatic carbocycles. The summed E-state index contributed by atoms with van der Waals surface area (Å²) in [6.45, 7) is 1.84. The van der Waals surface area contributed by atoms with Crippen LogP contribution in [0, 0.1) is 5.92 Å². The van der Waals surface area contributed by atoms with Crippen LogP contribution in [0.3, 0.4) is 0 Å². The Balaban J connectivity index is 1.86. The van der Waals surface area contributed by atoms with Gasteiger partial charge in [0.1, 0.15) is 11.6 Å². The number of rotatable bonds is 7. The summed E-state index contributed by atoms with van der Waals surface area (Å²) in [5, 5.41) is 3.83. The highest BCUT2D eigenvalue weighted by molar-refractivity contribution is 7.09. The van der Waals surface area contributed by atoms with Crippen LogP contribution in [0.25, 0.3) is 0 Å². The van der Waals surface area contributed by atoms with Crippen molar-refractivity contribution < 1.29 is 13.5 Å². The number of aromatic nitrogens is 3. The monoisotopic (exact) mass is 314 g/mol. The van der Waals surface area contributed by atoms with Gasteiger partial charge in [0.15, 0.2) is 0 Å². The van der Waals surface area contributed by atoms with Crippen LogP contribution >= 0.6 is 11.5 Å². The highest BCUT2D eigenvalue weighted by Crippen LogP contribution is 2.16. The SMILES string of the molecule is CC(C)Cc1nsc(NCc2ccc(OC(F)F)cn2)n1. The van der Waals surface area contributed by atoms with E-state index in [9.17, 15) is 8.78 Å². The molecule has 2 rings (SSSR count). The lowest BCUT2D eigenvalue weighted by atomic mass is 10.1. The fraction of sp³-hybridized carbons (Fsp3) is 0.462. The molecule has 0 radical (unpaired) electrons. The molecule has 5 nitrogen and oxygen atoms in total. The number of halogens is 2. The van der Waals surface area contributed by atoms with E-state index in [2.05, 4.69) is 38.2 Å². The molecule has 114 valence electrons. The fourth-order valence-electron chi connectivity index (χ4n) is 1.63. The van der Waals surface area contributed by atoms with Gasteiger partial charge in [-0.05, 0) is 18.1 Å². The maximum absolute atomic E-state index is 12.0. The van der Waals surface area contributed by atoms with E-state index in [4.69, 9.17) is 0 Å². The smallest absolute Gasteiger partial charge is 0.387 e. The third-order valence-corrected chi connectivity index (χ3v) is 3.21. The first-order valence-corrected chi connectivity index (χ1v) is 7.26. The predicted molar refractivity (Wildman–Crippen MR) is 76.6 cm³/mol. The van der Waals surface area contributed by atoms with Crippen LogP contribution in [0.5, 0.6) is 5.75 Å². The van der Waals surface area contributed by atoms with E-state index in [0.717, 1.165) is 17.4 Å². The van der Waals surface area contributed by atoms with Crippen LogP contribution in [-0.2, 0) is 13.0 Å². The van der Waals surface area contributed by atoms with Gasteiger partial charge in [0.25, 0.3) is 0 Å². The Labute approximate surface area is 125 Å². The van der Waals surface area contributed by atoms with E-state index in [0.29, 0.717) is 18.2 Å². The maximum atomic E-state index is 12.0. The molecule has 21 heavy (non-hydrogen) atoms. The summed E-state index contributed by atoms with van der Waals surface area (Å²) in [5.41, 5.74) is 0.706. The maximum Gasteiger partial charge on any atom is 0.387 e. The Bertz CT molecular complexity index is 560. The highest BCUT2D eigenvalue weighted by atomic mass is 32.1. The van der Waals surface area contributed by atoms with Crippen molar-refractivity contribution in [1.29, 1.82) is 0 Å². The molecule has 1 N–H and O–H groups in total. The summed E-state index contributed by atoms with van der Waals surface area (Å²) in [4.78, 5) is 8.40. The lowest BCUT2D eigenvalue weighted by Crippen LogP contribution is -2.04. The molecule has 0 fully saturated rings. The van der Waals surface area contributed by atoms with Crippen LogP contribution in [0.2, 0.25) is 0 Å². The van der Waals surface area contributed by atoms with Crippen molar-refractivity contribution in [1.82, 2.24) is 14.3 Å². The van der Waals surface area contributed by atoms with Crippen LogP contribution in [0.4, 0.5) is 13.9 Å². The minimum Gasteiger partial charge on any atom is -0.433 e. The van der Waals surface area contributed by atoms with Crippen molar-refractivity contribution in [2.75, 3.05) is 5.32 Å². The average molecular weight is 314 g/mol. The number of ether oxygens (including phenoxy) is 1. The van der Waals surface area contributed by atoms with Crippen LogP contribution in [0.1, 0.15) is 25.4 Å². The zero-order chi connectivity index (χ0) is 15.2. The van der Waals surface area contributed by atoms with Gasteiger partial charge in [0.2, 0.25) is 5.13 Å². The fourth-order valence-corrected chi connectivity index (χ4v) is 2.22. The molecule has 2 aromatic rings. The van der Waals surface area contributed by atoms with Gasteiger partial charge >= 0.3 is 6.61 Å². The van der Waals surface area contributed by atoms with E-state index in [1.165, 1.54) is 23.8 Å². The third kappa shape index (κ3) is 5.22. The van der Waals surface area contributed by atoms with Gasteiger partial charge in [0.05, 0.1) is 18.4 Å². The molecule has 8 heteroatoms. The number of hydrogen-bond acceptors (Lipinski definition) is 6. The van der Waals surface area contributed by atoms with Crippen LogP contribution < -0.4 is 10.1 Å². The minimum atomic E-state index is -2.84. The largest absolute Gasteiger partial charge is 0.433 e. The molecule has 2 heterocycles. The number of nitrogens with zero attached hydrogens (tertiary/aromatic N) is 3. The van der Waals surface area contributed by atoms with Crippen molar-refractivity contribution in [3.63, 3.8) is 0 Å². The van der Waals surface area contributed by atoms with Crippen molar-refractivity contribution in [2.24, 2.45) is 5.92 Å². The molecule has 0 unspecified atom stereocenters. The standard InChI is InChI=1S/C13H16F2N4OS/c1-8(2)5-11-18-13(21-19-11)17-6-9-3-4-10(7-16-9)20-12(14)15/h3-4,7-8,12H,5-6H2,1-2H3,(H,17,18,19). The summed E-state index contributed by atoms with van der Waals surface area (Å²) >= 11 is 1.30. The lowest BCUT2D eigenvalue weighted by Gasteiger charge is -2.05. The molecule has 0 aromatic carbocycles. The molecule has 0 amide bonds. The van der Waals surface area contributed by atoms with E-state index in [-0.39, 0.29) is 5.75 Å². The summed E-state index contributed by atoms with van der Waals surface area (Å²) < 4.78 is 32.5. The highest BCUT2D eigenvalue weighted by Gasteiger charge is 2.07. The summed E-state index contributed by atoms with van der Waals surface area (Å²) in [6, 6.07) is 3.08. The zero-order valence-electron chi connectivity index (χ0n) is 11.7. The second-order valence-electron chi connectivity index (χ2n) is 4.83. The van der Waals surface area contributed by atoms with Crippen molar-refractivity contribution >= 4 is 16.7 Å². The van der Waals surface area contributed by atoms with E-state index in [1.807, 2.05) is 0 Å². The molecule has 2 aromatic heterocycles. The van der Waals surface area contributed by atoms with Gasteiger partial charge in [-0.25, -0.2) is 4.98 Å². The molecule has 0 aliphatic heterocycles. The van der Waals surface area contributed by atoms with E-state index in [1.54, 1.807) is 6.07 Å². The molecule has 0 atom stereocenters. The third-order valence-electron chi connectivity index (χ3n) is 2.50. The Hall–Kier alpha value is -1.83. The molecular formula is C13H16F2N4OS. The predicted octanol–water partition coefficient (Wildman–Crippen LogP) is 3.35. The van der Waals surface area contributed by atoms with Crippen molar-refractivity contribution in [3.8, 4) is 5.75 Å². The number of nitrogens with one attached hydrogen (secondary N) is 1. The van der Waals surface area contributed by atoms with Crippen LogP contribution in [-0.4, -0.2) is 21.0 Å². The van der Waals surface area contributed by atoms with Gasteiger partial charge in [-0.2, -0.15) is 13.2 Å². The normalized spacial score (nSPS) is 11.1. The average Bonchev–Trinajstić information content (AvgIpc) is 2.84. The summed E-state index contributed by atoms with van der Waals surface area (Å²) in [5.74, 6) is 1.38. The first kappa shape index (κ1) is 15.6. The summed E-state index contributed by atoms with van der Waals surface area (Å²) in [7, 11) is 0. The van der Waals surface area contributed by atoms with E-state index >= 15 is 0 Å². The van der Waals surface area contributed by atoms with Gasteiger partial charge in [-0.1, -0.05) is 13.8 Å². The Kier molecular flexibility index (Phi) is 5.38. The quantitative estimate of drug-likeness (QED) is 0.849. The topological polar surface area (TPSA) is 59.9 Å². The second kappa shape index (κ2) is 7.26. The Morgan fingerprint density at radius 1 is 1.33 bits per heavy atom. The van der Waals surface area contributed by atoms with Gasteiger partial charge in [-0.15, -0.1) is 0 Å². The van der Waals surface area contributed by atoms with Gasteiger partial charge in [0, 0.05) is 18.0 Å². The molecule has 0 aliphatic rings. The molecule has 0 spiro atoms. The molecule has 0 saturated carbocycles. The first-order chi connectivity index (χ1) is 10.0. The minimum absolute atomic E-state index is 0.0453. The molecular weight excluding hydrogens is 298 g/mol. The van der Waals surface area contributed by atoms with Crippen molar-refractivity contribution in [2.45, 2.75) is 33.4 Å². The molecule has 0 saturated heterocycles.